The molecule has 5 nitrogen and oxygen atoms in total. The van der Waals surface area contributed by atoms with Gasteiger partial charge in [-0.3, -0.25) is 0 Å². The van der Waals surface area contributed by atoms with Crippen LogP contribution in [-0.4, -0.2) is 29.6 Å². The molecule has 0 spiro atoms. The number of fused-ring (bicyclic) bond motifs is 3. The first-order valence-corrected chi connectivity index (χ1v) is 11.0. The number of aromatic nitrogens is 1. The lowest BCUT2D eigenvalue weighted by atomic mass is 9.90. The Balaban J connectivity index is 1.61. The van der Waals surface area contributed by atoms with Crippen molar-refractivity contribution < 1.29 is 9.53 Å². The van der Waals surface area contributed by atoms with E-state index < -0.39 is 0 Å². The molecule has 1 aliphatic rings. The van der Waals surface area contributed by atoms with Crippen molar-refractivity contribution in [2.45, 2.75) is 19.4 Å². The number of nitrogens with one attached hydrogen (secondary N) is 2. The lowest BCUT2D eigenvalue weighted by Crippen LogP contribution is -2.43. The van der Waals surface area contributed by atoms with Gasteiger partial charge in [-0.15, -0.1) is 0 Å². The molecular formula is C26H24ClN3O2. The van der Waals surface area contributed by atoms with Gasteiger partial charge in [0.15, 0.2) is 0 Å². The number of halogens is 1. The summed E-state index contributed by atoms with van der Waals surface area (Å²) in [6, 6.07) is 21.1. The summed E-state index contributed by atoms with van der Waals surface area (Å²) in [4.78, 5) is 18.9. The molecule has 1 unspecified atom stereocenters. The number of nitrogens with zero attached hydrogens (tertiary/aromatic N) is 1. The molecule has 3 aromatic carbocycles. The highest BCUT2D eigenvalue weighted by atomic mass is 35.5. The van der Waals surface area contributed by atoms with Crippen LogP contribution in [0.4, 0.5) is 10.5 Å². The normalized spacial score (nSPS) is 15.5. The summed E-state index contributed by atoms with van der Waals surface area (Å²) in [7, 11) is 1.68. The second-order valence-electron chi connectivity index (χ2n) is 8.07. The van der Waals surface area contributed by atoms with Gasteiger partial charge in [0.2, 0.25) is 0 Å². The molecule has 2 heterocycles. The molecule has 0 aliphatic carbocycles. The fraction of sp³-hybridized carbons (Fsp3) is 0.192. The number of urea groups is 1. The maximum absolute atomic E-state index is 13.4. The van der Waals surface area contributed by atoms with Crippen LogP contribution >= 0.6 is 11.6 Å². The van der Waals surface area contributed by atoms with Crippen molar-refractivity contribution in [1.29, 1.82) is 0 Å². The number of aromatic amines is 1. The number of carbonyl (C=O) groups excluding carboxylic acids is 1. The third-order valence-corrected chi connectivity index (χ3v) is 6.39. The van der Waals surface area contributed by atoms with E-state index in [-0.39, 0.29) is 12.1 Å². The first-order valence-electron chi connectivity index (χ1n) is 10.6. The number of ether oxygens (including phenoxy) is 1. The number of hydrogen-bond donors (Lipinski definition) is 2. The van der Waals surface area contributed by atoms with Gasteiger partial charge in [-0.05, 0) is 66.4 Å². The van der Waals surface area contributed by atoms with Gasteiger partial charge in [-0.25, -0.2) is 4.79 Å². The van der Waals surface area contributed by atoms with Gasteiger partial charge < -0.3 is 19.9 Å². The van der Waals surface area contributed by atoms with Crippen molar-refractivity contribution in [1.82, 2.24) is 9.88 Å². The summed E-state index contributed by atoms with van der Waals surface area (Å²) in [5.41, 5.74) is 6.26. The standard InChI is InChI=1S/C26H24ClN3O2/c1-16-6-3-4-9-20(16)25-24-21(22-15-19(32-2)10-11-23(22)29-24)12-13-30(25)26(31)28-18-8-5-7-17(27)14-18/h3-11,14-15,25,29H,12-13H2,1-2H3,(H,28,31). The highest BCUT2D eigenvalue weighted by Crippen LogP contribution is 2.40. The smallest absolute Gasteiger partial charge is 0.322 e. The fourth-order valence-corrected chi connectivity index (χ4v) is 4.78. The Morgan fingerprint density at radius 1 is 1.12 bits per heavy atom. The Bertz CT molecular complexity index is 1310. The number of hydrogen-bond acceptors (Lipinski definition) is 2. The van der Waals surface area contributed by atoms with E-state index in [4.69, 9.17) is 16.3 Å². The van der Waals surface area contributed by atoms with Gasteiger partial charge >= 0.3 is 6.03 Å². The fourth-order valence-electron chi connectivity index (χ4n) is 4.59. The third kappa shape index (κ3) is 3.59. The molecule has 0 saturated carbocycles. The van der Waals surface area contributed by atoms with Crippen LogP contribution in [-0.2, 0) is 6.42 Å². The molecule has 32 heavy (non-hydrogen) atoms. The first kappa shape index (κ1) is 20.5. The van der Waals surface area contributed by atoms with E-state index >= 15 is 0 Å². The highest BCUT2D eigenvalue weighted by molar-refractivity contribution is 6.30. The quantitative estimate of drug-likeness (QED) is 0.387. The predicted octanol–water partition coefficient (Wildman–Crippen LogP) is 6.32. The topological polar surface area (TPSA) is 57.4 Å². The molecule has 1 atom stereocenters. The van der Waals surface area contributed by atoms with Crippen LogP contribution in [0.1, 0.15) is 28.4 Å². The number of benzene rings is 3. The predicted molar refractivity (Wildman–Crippen MR) is 129 cm³/mol. The number of rotatable bonds is 3. The van der Waals surface area contributed by atoms with E-state index in [1.54, 1.807) is 19.2 Å². The van der Waals surface area contributed by atoms with Gasteiger partial charge in [0.25, 0.3) is 0 Å². The maximum atomic E-state index is 13.4. The van der Waals surface area contributed by atoms with Crippen LogP contribution in [0.2, 0.25) is 5.02 Å². The lowest BCUT2D eigenvalue weighted by molar-refractivity contribution is 0.193. The summed E-state index contributed by atoms with van der Waals surface area (Å²) >= 11 is 6.12. The number of carbonyl (C=O) groups is 1. The zero-order valence-corrected chi connectivity index (χ0v) is 18.7. The minimum Gasteiger partial charge on any atom is -0.497 e. The number of methoxy groups -OCH3 is 1. The molecule has 1 aromatic heterocycles. The second kappa shape index (κ2) is 8.24. The molecule has 5 rings (SSSR count). The Hall–Kier alpha value is -3.44. The Kier molecular flexibility index (Phi) is 5.27. The molecule has 4 aromatic rings. The third-order valence-electron chi connectivity index (χ3n) is 6.15. The lowest BCUT2D eigenvalue weighted by Gasteiger charge is -2.37. The molecule has 0 saturated heterocycles. The van der Waals surface area contributed by atoms with Crippen molar-refractivity contribution in [3.8, 4) is 5.75 Å². The largest absolute Gasteiger partial charge is 0.497 e. The van der Waals surface area contributed by atoms with Gasteiger partial charge in [-0.1, -0.05) is 41.9 Å². The summed E-state index contributed by atoms with van der Waals surface area (Å²) < 4.78 is 5.45. The molecule has 2 N–H and O–H groups in total. The van der Waals surface area contributed by atoms with Crippen molar-refractivity contribution in [2.24, 2.45) is 0 Å². The van der Waals surface area contributed by atoms with E-state index in [1.807, 2.05) is 41.3 Å². The summed E-state index contributed by atoms with van der Waals surface area (Å²) in [5.74, 6) is 0.827. The summed E-state index contributed by atoms with van der Waals surface area (Å²) in [6.07, 6.45) is 0.758. The molecular weight excluding hydrogens is 422 g/mol. The van der Waals surface area contributed by atoms with Gasteiger partial charge in [-0.2, -0.15) is 0 Å². The highest BCUT2D eigenvalue weighted by Gasteiger charge is 2.35. The van der Waals surface area contributed by atoms with Crippen LogP contribution < -0.4 is 10.1 Å². The first-order chi connectivity index (χ1) is 15.5. The monoisotopic (exact) mass is 445 g/mol. The molecule has 1 aliphatic heterocycles. The van der Waals surface area contributed by atoms with Gasteiger partial charge in [0.1, 0.15) is 5.75 Å². The molecule has 0 bridgehead atoms. The molecule has 6 heteroatoms. The Morgan fingerprint density at radius 2 is 1.97 bits per heavy atom. The number of amides is 2. The number of aryl methyl sites for hydroxylation is 1. The Morgan fingerprint density at radius 3 is 2.75 bits per heavy atom. The average molecular weight is 446 g/mol. The van der Waals surface area contributed by atoms with E-state index in [9.17, 15) is 4.79 Å². The van der Waals surface area contributed by atoms with Crippen molar-refractivity contribution in [2.75, 3.05) is 19.0 Å². The number of H-pyrrole nitrogens is 1. The Labute approximate surface area is 192 Å². The van der Waals surface area contributed by atoms with Gasteiger partial charge in [0.05, 0.1) is 13.2 Å². The number of anilines is 1. The summed E-state index contributed by atoms with van der Waals surface area (Å²) in [5, 5.41) is 4.76. The SMILES string of the molecule is COc1ccc2[nH]c3c(c2c1)CCN(C(=O)Nc1cccc(Cl)c1)C3c1ccccc1C. The second-order valence-corrected chi connectivity index (χ2v) is 8.51. The van der Waals surface area contributed by atoms with E-state index in [2.05, 4.69) is 35.4 Å². The molecule has 0 fully saturated rings. The van der Waals surface area contributed by atoms with E-state index in [0.717, 1.165) is 39.9 Å². The molecule has 0 radical (unpaired) electrons. The molecule has 2 amide bonds. The van der Waals surface area contributed by atoms with Crippen LogP contribution in [0, 0.1) is 6.92 Å². The van der Waals surface area contributed by atoms with Crippen molar-refractivity contribution in [3.63, 3.8) is 0 Å². The summed E-state index contributed by atoms with van der Waals surface area (Å²) in [6.45, 7) is 2.69. The van der Waals surface area contributed by atoms with Crippen LogP contribution in [0.3, 0.4) is 0 Å². The van der Waals surface area contributed by atoms with Gasteiger partial charge in [0, 0.05) is 33.9 Å². The van der Waals surface area contributed by atoms with Crippen LogP contribution in [0.25, 0.3) is 10.9 Å². The zero-order chi connectivity index (χ0) is 22.2. The minimum absolute atomic E-state index is 0.151. The minimum atomic E-state index is -0.225. The van der Waals surface area contributed by atoms with Crippen LogP contribution in [0.5, 0.6) is 5.75 Å². The van der Waals surface area contributed by atoms with Crippen molar-refractivity contribution in [3.05, 3.63) is 94.1 Å². The van der Waals surface area contributed by atoms with E-state index in [1.165, 1.54) is 5.56 Å². The molecule has 162 valence electrons. The van der Waals surface area contributed by atoms with Crippen molar-refractivity contribution >= 4 is 34.2 Å². The van der Waals surface area contributed by atoms with E-state index in [0.29, 0.717) is 17.3 Å². The van der Waals surface area contributed by atoms with Crippen LogP contribution in [0.15, 0.2) is 66.7 Å². The maximum Gasteiger partial charge on any atom is 0.322 e. The average Bonchev–Trinajstić information content (AvgIpc) is 3.17. The zero-order valence-electron chi connectivity index (χ0n) is 18.0.